The van der Waals surface area contributed by atoms with Crippen LogP contribution in [0.5, 0.6) is 0 Å². The van der Waals surface area contributed by atoms with E-state index in [1.807, 2.05) is 0 Å². The molecule has 2 fully saturated rings. The molecule has 1 aromatic rings. The first kappa shape index (κ1) is 29.4. The number of ether oxygens (including phenoxy) is 1. The van der Waals surface area contributed by atoms with E-state index in [0.29, 0.717) is 24.9 Å². The van der Waals surface area contributed by atoms with Gasteiger partial charge in [-0.05, 0) is 45.6 Å². The molecule has 3 amide bonds. The fourth-order valence-corrected chi connectivity index (χ4v) is 5.93. The summed E-state index contributed by atoms with van der Waals surface area (Å²) >= 11 is 0. The van der Waals surface area contributed by atoms with Crippen LogP contribution in [0.1, 0.15) is 52.0 Å². The lowest BCUT2D eigenvalue weighted by Crippen LogP contribution is -2.53. The molecule has 13 heteroatoms. The van der Waals surface area contributed by atoms with E-state index in [1.54, 1.807) is 51.1 Å². The molecule has 3 rings (SSSR count). The normalized spacial score (nSPS) is 20.7. The molecule has 2 heterocycles. The van der Waals surface area contributed by atoms with Crippen LogP contribution in [-0.2, 0) is 34.9 Å². The molecule has 12 nitrogen and oxygen atoms in total. The van der Waals surface area contributed by atoms with E-state index in [1.165, 1.54) is 4.90 Å². The third kappa shape index (κ3) is 8.42. The number of sulfonamides is 1. The molecule has 2 saturated heterocycles. The number of nitrogens with zero attached hydrogens (tertiary/aromatic N) is 2. The van der Waals surface area contributed by atoms with E-state index in [2.05, 4.69) is 10.0 Å². The topological polar surface area (TPSA) is 162 Å². The van der Waals surface area contributed by atoms with E-state index >= 15 is 0 Å². The van der Waals surface area contributed by atoms with Gasteiger partial charge in [0.05, 0.1) is 18.2 Å². The van der Waals surface area contributed by atoms with Crippen molar-refractivity contribution in [1.82, 2.24) is 19.8 Å². The first-order valence-electron chi connectivity index (χ1n) is 12.6. The zero-order chi connectivity index (χ0) is 28.1. The van der Waals surface area contributed by atoms with E-state index in [4.69, 9.17) is 4.74 Å². The number of hydrogen-bond acceptors (Lipinski definition) is 7. The number of amides is 3. The zero-order valence-electron chi connectivity index (χ0n) is 21.9. The number of benzene rings is 1. The number of carboxylic acids is 1. The van der Waals surface area contributed by atoms with Gasteiger partial charge in [-0.3, -0.25) is 9.59 Å². The molecule has 210 valence electrons. The van der Waals surface area contributed by atoms with Crippen LogP contribution >= 0.6 is 0 Å². The molecule has 38 heavy (non-hydrogen) atoms. The molecular weight excluding hydrogens is 516 g/mol. The standard InChI is InChI=1S/C25H36N4O8S/c1-25(2,3)37-24(34)26-18-11-13-28(15-18)21(30)14-19(22(31)29-12-7-10-20(29)23(32)33)27-38(35,36)16-17-8-5-4-6-9-17/h4-6,8-9,18-20,27H,7,10-16H2,1-3H3,(H,26,34)(H,32,33)/t18-,19-,20+/m1/s1. The van der Waals surface area contributed by atoms with Crippen molar-refractivity contribution in [2.75, 3.05) is 19.6 Å². The van der Waals surface area contributed by atoms with Crippen molar-refractivity contribution in [1.29, 1.82) is 0 Å². The van der Waals surface area contributed by atoms with Gasteiger partial charge in [0.15, 0.2) is 0 Å². The maximum Gasteiger partial charge on any atom is 0.407 e. The molecule has 2 aliphatic heterocycles. The summed E-state index contributed by atoms with van der Waals surface area (Å²) in [6.45, 7) is 5.86. The number of carbonyl (C=O) groups excluding carboxylic acids is 3. The van der Waals surface area contributed by atoms with E-state index in [-0.39, 0.29) is 25.6 Å². The predicted octanol–water partition coefficient (Wildman–Crippen LogP) is 1.07. The molecule has 0 unspecified atom stereocenters. The van der Waals surface area contributed by atoms with Crippen LogP contribution < -0.4 is 10.0 Å². The minimum Gasteiger partial charge on any atom is -0.480 e. The Labute approximate surface area is 222 Å². The fraction of sp³-hybridized carbons (Fsp3) is 0.600. The summed E-state index contributed by atoms with van der Waals surface area (Å²) in [5.74, 6) is -2.81. The Morgan fingerprint density at radius 3 is 2.42 bits per heavy atom. The lowest BCUT2D eigenvalue weighted by atomic mass is 10.1. The van der Waals surface area contributed by atoms with Gasteiger partial charge in [-0.1, -0.05) is 30.3 Å². The van der Waals surface area contributed by atoms with Crippen molar-refractivity contribution in [3.63, 3.8) is 0 Å². The van der Waals surface area contributed by atoms with Crippen molar-refractivity contribution in [3.8, 4) is 0 Å². The van der Waals surface area contributed by atoms with Gasteiger partial charge < -0.3 is 25.0 Å². The Kier molecular flexibility index (Phi) is 9.36. The molecular formula is C25H36N4O8S. The second-order valence-corrected chi connectivity index (χ2v) is 12.4. The highest BCUT2D eigenvalue weighted by atomic mass is 32.2. The van der Waals surface area contributed by atoms with Gasteiger partial charge in [-0.2, -0.15) is 0 Å². The minimum absolute atomic E-state index is 0.159. The summed E-state index contributed by atoms with van der Waals surface area (Å²) in [6, 6.07) is 5.49. The average Bonchev–Trinajstić information content (AvgIpc) is 3.47. The summed E-state index contributed by atoms with van der Waals surface area (Å²) < 4.78 is 33.5. The zero-order valence-corrected chi connectivity index (χ0v) is 22.7. The Morgan fingerprint density at radius 1 is 1.11 bits per heavy atom. The molecule has 0 aliphatic carbocycles. The van der Waals surface area contributed by atoms with Crippen molar-refractivity contribution in [2.45, 2.75) is 75.9 Å². The second kappa shape index (κ2) is 12.1. The Hall–Kier alpha value is -3.19. The lowest BCUT2D eigenvalue weighted by Gasteiger charge is -2.28. The monoisotopic (exact) mass is 552 g/mol. The Bertz CT molecular complexity index is 1140. The number of rotatable bonds is 9. The number of likely N-dealkylation sites (tertiary alicyclic amines) is 2. The number of hydrogen-bond donors (Lipinski definition) is 3. The van der Waals surface area contributed by atoms with Gasteiger partial charge in [-0.25, -0.2) is 22.7 Å². The SMILES string of the molecule is CC(C)(C)OC(=O)N[C@@H]1CCN(C(=O)C[C@@H](NS(=O)(=O)Cc2ccccc2)C(=O)N2CCC[C@H]2C(=O)O)C1. The van der Waals surface area contributed by atoms with Gasteiger partial charge in [0.1, 0.15) is 17.7 Å². The van der Waals surface area contributed by atoms with Crippen LogP contribution in [0, 0.1) is 0 Å². The molecule has 3 N–H and O–H groups in total. The summed E-state index contributed by atoms with van der Waals surface area (Å²) in [7, 11) is -4.05. The summed E-state index contributed by atoms with van der Waals surface area (Å²) in [5, 5.41) is 12.2. The largest absolute Gasteiger partial charge is 0.480 e. The third-order valence-electron chi connectivity index (χ3n) is 6.28. The average molecular weight is 553 g/mol. The highest BCUT2D eigenvalue weighted by molar-refractivity contribution is 7.88. The van der Waals surface area contributed by atoms with Crippen molar-refractivity contribution in [3.05, 3.63) is 35.9 Å². The predicted molar refractivity (Wildman–Crippen MR) is 137 cm³/mol. The quantitative estimate of drug-likeness (QED) is 0.410. The number of carbonyl (C=O) groups is 4. The molecule has 0 radical (unpaired) electrons. The molecule has 0 spiro atoms. The minimum atomic E-state index is -4.05. The van der Waals surface area contributed by atoms with Crippen LogP contribution in [0.2, 0.25) is 0 Å². The van der Waals surface area contributed by atoms with Gasteiger partial charge in [0, 0.05) is 19.6 Å². The van der Waals surface area contributed by atoms with Crippen LogP contribution in [0.25, 0.3) is 0 Å². The first-order valence-corrected chi connectivity index (χ1v) is 14.2. The molecule has 3 atom stereocenters. The number of aliphatic carboxylic acids is 1. The van der Waals surface area contributed by atoms with Crippen LogP contribution in [-0.4, -0.2) is 90.6 Å². The second-order valence-electron chi connectivity index (χ2n) is 10.6. The van der Waals surface area contributed by atoms with Crippen molar-refractivity contribution >= 4 is 33.9 Å². The number of carboxylic acid groups (broad SMARTS) is 1. The Balaban J connectivity index is 1.71. The molecule has 0 saturated carbocycles. The maximum absolute atomic E-state index is 13.4. The number of alkyl carbamates (subject to hydrolysis) is 1. The van der Waals surface area contributed by atoms with E-state index < -0.39 is 63.8 Å². The van der Waals surface area contributed by atoms with Crippen molar-refractivity contribution < 1.29 is 37.4 Å². The summed E-state index contributed by atoms with van der Waals surface area (Å²) in [5.41, 5.74) is -0.177. The molecule has 0 bridgehead atoms. The van der Waals surface area contributed by atoms with E-state index in [0.717, 1.165) is 4.90 Å². The van der Waals surface area contributed by atoms with Crippen molar-refractivity contribution in [2.24, 2.45) is 0 Å². The maximum atomic E-state index is 13.4. The molecule has 0 aromatic heterocycles. The van der Waals surface area contributed by atoms with Gasteiger partial charge >= 0.3 is 12.1 Å². The fourth-order valence-electron chi connectivity index (χ4n) is 4.60. The van der Waals surface area contributed by atoms with Crippen LogP contribution in [0.15, 0.2) is 30.3 Å². The smallest absolute Gasteiger partial charge is 0.407 e. The van der Waals surface area contributed by atoms with Crippen LogP contribution in [0.4, 0.5) is 4.79 Å². The van der Waals surface area contributed by atoms with E-state index in [9.17, 15) is 32.7 Å². The molecule has 2 aliphatic rings. The van der Waals surface area contributed by atoms with Gasteiger partial charge in [0.2, 0.25) is 21.8 Å². The van der Waals surface area contributed by atoms with Gasteiger partial charge in [-0.15, -0.1) is 0 Å². The highest BCUT2D eigenvalue weighted by Gasteiger charge is 2.40. The summed E-state index contributed by atoms with van der Waals surface area (Å²) in [6.07, 6.45) is 0.102. The Morgan fingerprint density at radius 2 is 1.79 bits per heavy atom. The lowest BCUT2D eigenvalue weighted by molar-refractivity contribution is -0.149. The first-order chi connectivity index (χ1) is 17.7. The summed E-state index contributed by atoms with van der Waals surface area (Å²) in [4.78, 5) is 52.8. The number of nitrogens with one attached hydrogen (secondary N) is 2. The molecule has 1 aromatic carbocycles. The third-order valence-corrected chi connectivity index (χ3v) is 7.64. The van der Waals surface area contributed by atoms with Crippen LogP contribution in [0.3, 0.4) is 0 Å². The highest BCUT2D eigenvalue weighted by Crippen LogP contribution is 2.21. The van der Waals surface area contributed by atoms with Gasteiger partial charge in [0.25, 0.3) is 0 Å².